The van der Waals surface area contributed by atoms with Gasteiger partial charge in [0.25, 0.3) is 0 Å². The zero-order chi connectivity index (χ0) is 9.14. The molecule has 1 aromatic rings. The SMILES string of the molecule is COC(=O)c1ccc(C(C)N)o1. The Morgan fingerprint density at radius 2 is 2.33 bits per heavy atom. The van der Waals surface area contributed by atoms with Crippen molar-refractivity contribution in [3.8, 4) is 0 Å². The lowest BCUT2D eigenvalue weighted by atomic mass is 10.3. The molecule has 12 heavy (non-hydrogen) atoms. The number of hydrogen-bond donors (Lipinski definition) is 1. The van der Waals surface area contributed by atoms with Crippen molar-refractivity contribution >= 4 is 5.97 Å². The Morgan fingerprint density at radius 3 is 2.75 bits per heavy atom. The fourth-order valence-corrected chi connectivity index (χ4v) is 0.808. The third-order valence-corrected chi connectivity index (χ3v) is 1.46. The second-order valence-corrected chi connectivity index (χ2v) is 2.48. The molecule has 0 spiro atoms. The Balaban J connectivity index is 2.84. The Bertz CT molecular complexity index is 278. The molecule has 0 aromatic carbocycles. The Labute approximate surface area is 70.3 Å². The van der Waals surface area contributed by atoms with Crippen molar-refractivity contribution < 1.29 is 13.9 Å². The third kappa shape index (κ3) is 1.65. The van der Waals surface area contributed by atoms with Crippen molar-refractivity contribution in [2.45, 2.75) is 13.0 Å². The van der Waals surface area contributed by atoms with Crippen LogP contribution in [0.1, 0.15) is 29.3 Å². The van der Waals surface area contributed by atoms with Gasteiger partial charge in [0, 0.05) is 0 Å². The van der Waals surface area contributed by atoms with Crippen molar-refractivity contribution in [2.24, 2.45) is 5.73 Å². The second kappa shape index (κ2) is 3.40. The van der Waals surface area contributed by atoms with Gasteiger partial charge in [-0.25, -0.2) is 4.79 Å². The summed E-state index contributed by atoms with van der Waals surface area (Å²) in [6.45, 7) is 1.78. The zero-order valence-corrected chi connectivity index (χ0v) is 7.03. The van der Waals surface area contributed by atoms with E-state index in [1.54, 1.807) is 19.1 Å². The van der Waals surface area contributed by atoms with Crippen LogP contribution >= 0.6 is 0 Å². The van der Waals surface area contributed by atoms with Gasteiger partial charge in [-0.3, -0.25) is 0 Å². The average Bonchev–Trinajstić information content (AvgIpc) is 2.51. The first-order valence-corrected chi connectivity index (χ1v) is 3.58. The van der Waals surface area contributed by atoms with Crippen molar-refractivity contribution in [3.05, 3.63) is 23.7 Å². The lowest BCUT2D eigenvalue weighted by Crippen LogP contribution is -2.03. The van der Waals surface area contributed by atoms with Crippen molar-refractivity contribution in [3.63, 3.8) is 0 Å². The highest BCUT2D eigenvalue weighted by Crippen LogP contribution is 2.14. The molecule has 0 saturated carbocycles. The maximum Gasteiger partial charge on any atom is 0.373 e. The van der Waals surface area contributed by atoms with E-state index in [0.29, 0.717) is 5.76 Å². The van der Waals surface area contributed by atoms with Gasteiger partial charge in [0.1, 0.15) is 5.76 Å². The highest BCUT2D eigenvalue weighted by atomic mass is 16.5. The van der Waals surface area contributed by atoms with Crippen molar-refractivity contribution in [2.75, 3.05) is 7.11 Å². The van der Waals surface area contributed by atoms with Gasteiger partial charge in [-0.2, -0.15) is 0 Å². The van der Waals surface area contributed by atoms with Gasteiger partial charge in [-0.1, -0.05) is 0 Å². The van der Waals surface area contributed by atoms with Crippen LogP contribution in [0.25, 0.3) is 0 Å². The summed E-state index contributed by atoms with van der Waals surface area (Å²) in [5.41, 5.74) is 5.52. The fourth-order valence-electron chi connectivity index (χ4n) is 0.808. The Morgan fingerprint density at radius 1 is 1.67 bits per heavy atom. The van der Waals surface area contributed by atoms with Crippen molar-refractivity contribution in [1.29, 1.82) is 0 Å². The van der Waals surface area contributed by atoms with E-state index in [9.17, 15) is 4.79 Å². The normalized spacial score (nSPS) is 12.6. The lowest BCUT2D eigenvalue weighted by Gasteiger charge is -1.98. The van der Waals surface area contributed by atoms with Gasteiger partial charge in [-0.15, -0.1) is 0 Å². The largest absolute Gasteiger partial charge is 0.463 e. The predicted octanol–water partition coefficient (Wildman–Crippen LogP) is 1.09. The fraction of sp³-hybridized carbons (Fsp3) is 0.375. The van der Waals surface area contributed by atoms with Crippen LogP contribution in [0.4, 0.5) is 0 Å². The summed E-state index contributed by atoms with van der Waals surface area (Å²) in [4.78, 5) is 10.9. The quantitative estimate of drug-likeness (QED) is 0.673. The molecule has 2 N–H and O–H groups in total. The van der Waals surface area contributed by atoms with Crippen molar-refractivity contribution in [1.82, 2.24) is 0 Å². The molecule has 0 saturated heterocycles. The lowest BCUT2D eigenvalue weighted by molar-refractivity contribution is 0.0562. The molecule has 1 rings (SSSR count). The summed E-state index contributed by atoms with van der Waals surface area (Å²) < 4.78 is 9.55. The zero-order valence-electron chi connectivity index (χ0n) is 7.03. The Kier molecular flexibility index (Phi) is 2.50. The molecule has 1 aromatic heterocycles. The highest BCUT2D eigenvalue weighted by molar-refractivity contribution is 5.86. The Hall–Kier alpha value is -1.29. The number of esters is 1. The summed E-state index contributed by atoms with van der Waals surface area (Å²) in [6, 6.07) is 3.00. The van der Waals surface area contributed by atoms with Gasteiger partial charge >= 0.3 is 5.97 Å². The maximum absolute atomic E-state index is 10.9. The molecule has 0 amide bonds. The molecule has 1 atom stereocenters. The van der Waals surface area contributed by atoms with E-state index < -0.39 is 5.97 Å². The van der Waals surface area contributed by atoms with Crippen LogP contribution in [0, 0.1) is 0 Å². The van der Waals surface area contributed by atoms with E-state index in [0.717, 1.165) is 0 Å². The van der Waals surface area contributed by atoms with E-state index in [-0.39, 0.29) is 11.8 Å². The summed E-state index contributed by atoms with van der Waals surface area (Å²) >= 11 is 0. The van der Waals surface area contributed by atoms with Gasteiger partial charge in [0.15, 0.2) is 0 Å². The van der Waals surface area contributed by atoms with Crippen LogP contribution in [0.3, 0.4) is 0 Å². The monoisotopic (exact) mass is 169 g/mol. The minimum absolute atomic E-state index is 0.185. The third-order valence-electron chi connectivity index (χ3n) is 1.46. The number of carbonyl (C=O) groups is 1. The number of nitrogens with two attached hydrogens (primary N) is 1. The maximum atomic E-state index is 10.9. The van der Waals surface area contributed by atoms with E-state index in [2.05, 4.69) is 4.74 Å². The summed E-state index contributed by atoms with van der Waals surface area (Å²) in [5, 5.41) is 0. The number of hydrogen-bond acceptors (Lipinski definition) is 4. The molecule has 0 aliphatic heterocycles. The van der Waals surface area contributed by atoms with E-state index in [4.69, 9.17) is 10.2 Å². The predicted molar refractivity (Wildman–Crippen MR) is 42.6 cm³/mol. The molecule has 1 unspecified atom stereocenters. The van der Waals surface area contributed by atoms with Crippen LogP contribution in [0.15, 0.2) is 16.5 Å². The van der Waals surface area contributed by atoms with Crippen LogP contribution in [-0.4, -0.2) is 13.1 Å². The number of rotatable bonds is 2. The summed E-state index contributed by atoms with van der Waals surface area (Å²) in [7, 11) is 1.30. The summed E-state index contributed by atoms with van der Waals surface area (Å²) in [6.07, 6.45) is 0. The van der Waals surface area contributed by atoms with E-state index >= 15 is 0 Å². The molecule has 4 nitrogen and oxygen atoms in total. The first-order chi connectivity index (χ1) is 5.65. The van der Waals surface area contributed by atoms with Gasteiger partial charge in [0.05, 0.1) is 13.2 Å². The number of methoxy groups -OCH3 is 1. The van der Waals surface area contributed by atoms with Gasteiger partial charge in [0.2, 0.25) is 5.76 Å². The molecule has 0 bridgehead atoms. The van der Waals surface area contributed by atoms with Gasteiger partial charge in [-0.05, 0) is 19.1 Å². The number of carbonyl (C=O) groups excluding carboxylic acids is 1. The smallest absolute Gasteiger partial charge is 0.373 e. The highest BCUT2D eigenvalue weighted by Gasteiger charge is 2.12. The van der Waals surface area contributed by atoms with E-state index in [1.807, 2.05) is 0 Å². The second-order valence-electron chi connectivity index (χ2n) is 2.48. The molecule has 0 fully saturated rings. The van der Waals surface area contributed by atoms with Gasteiger partial charge < -0.3 is 14.9 Å². The summed E-state index contributed by atoms with van der Waals surface area (Å²) in [5.74, 6) is 0.280. The molecule has 4 heteroatoms. The molecule has 0 aliphatic carbocycles. The minimum atomic E-state index is -0.484. The van der Waals surface area contributed by atoms with Crippen LogP contribution in [0.5, 0.6) is 0 Å². The molecule has 0 aliphatic rings. The average molecular weight is 169 g/mol. The van der Waals surface area contributed by atoms with Crippen LogP contribution in [0.2, 0.25) is 0 Å². The van der Waals surface area contributed by atoms with Crippen LogP contribution in [-0.2, 0) is 4.74 Å². The standard InChI is InChI=1S/C8H11NO3/c1-5(9)6-3-4-7(12-6)8(10)11-2/h3-5H,9H2,1-2H3. The van der Waals surface area contributed by atoms with E-state index in [1.165, 1.54) is 7.11 Å². The molecule has 0 radical (unpaired) electrons. The first-order valence-electron chi connectivity index (χ1n) is 3.58. The number of ether oxygens (including phenoxy) is 1. The molecule has 66 valence electrons. The first kappa shape index (κ1) is 8.80. The molecular weight excluding hydrogens is 158 g/mol. The van der Waals surface area contributed by atoms with Crippen LogP contribution < -0.4 is 5.73 Å². The molecule has 1 heterocycles. The number of furan rings is 1. The molecular formula is C8H11NO3. The minimum Gasteiger partial charge on any atom is -0.463 e. The topological polar surface area (TPSA) is 65.5 Å².